The maximum Gasteiger partial charge on any atom is 0.222 e. The molecule has 4 nitrogen and oxygen atoms in total. The van der Waals surface area contributed by atoms with E-state index in [1.54, 1.807) is 0 Å². The second-order valence-corrected chi connectivity index (χ2v) is 5.58. The number of nitrogen functional groups attached to an aromatic ring is 1. The summed E-state index contributed by atoms with van der Waals surface area (Å²) in [5.74, 6) is 0.678. The second kappa shape index (κ2) is 5.26. The molecule has 0 amide bonds. The monoisotopic (exact) mass is 348 g/mol. The highest BCUT2D eigenvalue weighted by Crippen LogP contribution is 2.27. The van der Waals surface area contributed by atoms with Gasteiger partial charge in [0.2, 0.25) is 5.95 Å². The molecule has 0 fully saturated rings. The van der Waals surface area contributed by atoms with Crippen molar-refractivity contribution in [2.45, 2.75) is 0 Å². The molecule has 0 unspecified atom stereocenters. The molecule has 3 aromatic rings. The number of anilines is 3. The summed E-state index contributed by atoms with van der Waals surface area (Å²) >= 11 is 9.49. The zero-order valence-electron chi connectivity index (χ0n) is 10.3. The van der Waals surface area contributed by atoms with Gasteiger partial charge in [0.15, 0.2) is 5.82 Å². The lowest BCUT2D eigenvalue weighted by atomic mass is 10.1. The molecule has 1 heterocycles. The Kier molecular flexibility index (Phi) is 3.46. The van der Waals surface area contributed by atoms with Gasteiger partial charge in [-0.1, -0.05) is 39.7 Å². The Balaban J connectivity index is 1.98. The Morgan fingerprint density at radius 2 is 1.85 bits per heavy atom. The predicted octanol–water partition coefficient (Wildman–Crippen LogP) is 4.37. The fourth-order valence-corrected chi connectivity index (χ4v) is 2.42. The lowest BCUT2D eigenvalue weighted by molar-refractivity contribution is 1.18. The predicted molar refractivity (Wildman–Crippen MR) is 86.4 cm³/mol. The number of hydrogen-bond donors (Lipinski definition) is 2. The first-order chi connectivity index (χ1) is 9.61. The largest absolute Gasteiger partial charge is 0.368 e. The molecule has 100 valence electrons. The highest BCUT2D eigenvalue weighted by Gasteiger charge is 2.05. The van der Waals surface area contributed by atoms with E-state index in [0.717, 1.165) is 20.9 Å². The van der Waals surface area contributed by atoms with Gasteiger partial charge in [0, 0.05) is 10.2 Å². The van der Waals surface area contributed by atoms with Crippen LogP contribution in [0.1, 0.15) is 0 Å². The summed E-state index contributed by atoms with van der Waals surface area (Å²) in [5.41, 5.74) is 6.45. The lowest BCUT2D eigenvalue weighted by Gasteiger charge is -2.09. The summed E-state index contributed by atoms with van der Waals surface area (Å²) in [6, 6.07) is 12.1. The third-order valence-corrected chi connectivity index (χ3v) is 3.60. The van der Waals surface area contributed by atoms with E-state index in [9.17, 15) is 0 Å². The number of nitrogens with zero attached hydrogens (tertiary/aromatic N) is 2. The van der Waals surface area contributed by atoms with Crippen LogP contribution < -0.4 is 11.1 Å². The Morgan fingerprint density at radius 1 is 1.10 bits per heavy atom. The number of rotatable bonds is 2. The van der Waals surface area contributed by atoms with E-state index < -0.39 is 0 Å². The first-order valence-electron chi connectivity index (χ1n) is 5.86. The van der Waals surface area contributed by atoms with Crippen molar-refractivity contribution in [2.75, 3.05) is 11.1 Å². The van der Waals surface area contributed by atoms with Crippen LogP contribution in [0.3, 0.4) is 0 Å². The highest BCUT2D eigenvalue weighted by molar-refractivity contribution is 9.10. The Morgan fingerprint density at radius 3 is 2.70 bits per heavy atom. The molecule has 3 N–H and O–H groups in total. The van der Waals surface area contributed by atoms with Crippen molar-refractivity contribution in [2.24, 2.45) is 0 Å². The third kappa shape index (κ3) is 2.69. The normalized spacial score (nSPS) is 10.7. The van der Waals surface area contributed by atoms with E-state index >= 15 is 0 Å². The number of halogens is 2. The number of aromatic nitrogens is 2. The van der Waals surface area contributed by atoms with Crippen molar-refractivity contribution in [3.05, 3.63) is 52.1 Å². The van der Waals surface area contributed by atoms with Gasteiger partial charge in [0.25, 0.3) is 0 Å². The fraction of sp³-hybridized carbons (Fsp3) is 0. The van der Waals surface area contributed by atoms with Gasteiger partial charge in [-0.2, -0.15) is 4.98 Å². The second-order valence-electron chi connectivity index (χ2n) is 4.26. The Hall–Kier alpha value is -1.85. The minimum Gasteiger partial charge on any atom is -0.368 e. The molecule has 0 spiro atoms. The first-order valence-corrected chi connectivity index (χ1v) is 7.03. The van der Waals surface area contributed by atoms with E-state index in [1.807, 2.05) is 30.3 Å². The van der Waals surface area contributed by atoms with Gasteiger partial charge < -0.3 is 11.1 Å². The zero-order chi connectivity index (χ0) is 14.1. The van der Waals surface area contributed by atoms with Crippen LogP contribution in [0.2, 0.25) is 5.02 Å². The molecule has 20 heavy (non-hydrogen) atoms. The quantitative estimate of drug-likeness (QED) is 0.721. The van der Waals surface area contributed by atoms with Crippen LogP contribution in [-0.2, 0) is 0 Å². The summed E-state index contributed by atoms with van der Waals surface area (Å²) in [6.07, 6.45) is 1.48. The van der Waals surface area contributed by atoms with Crippen molar-refractivity contribution in [3.63, 3.8) is 0 Å². The van der Waals surface area contributed by atoms with Crippen molar-refractivity contribution in [1.82, 2.24) is 9.97 Å². The zero-order valence-corrected chi connectivity index (χ0v) is 12.6. The van der Waals surface area contributed by atoms with Crippen molar-refractivity contribution >= 4 is 55.8 Å². The van der Waals surface area contributed by atoms with Gasteiger partial charge in [-0.05, 0) is 35.0 Å². The summed E-state index contributed by atoms with van der Waals surface area (Å²) in [7, 11) is 0. The van der Waals surface area contributed by atoms with E-state index in [2.05, 4.69) is 37.3 Å². The molecule has 0 bridgehead atoms. The molecule has 3 rings (SSSR count). The molecule has 0 saturated carbocycles. The summed E-state index contributed by atoms with van der Waals surface area (Å²) in [4.78, 5) is 7.91. The van der Waals surface area contributed by atoms with Gasteiger partial charge in [0.1, 0.15) is 5.02 Å². The van der Waals surface area contributed by atoms with Crippen LogP contribution in [0.15, 0.2) is 47.1 Å². The number of nitrogens with two attached hydrogens (primary N) is 1. The first kappa shape index (κ1) is 13.1. The molecule has 6 heteroatoms. The lowest BCUT2D eigenvalue weighted by Crippen LogP contribution is -2.00. The fourth-order valence-electron chi connectivity index (χ4n) is 1.90. The Labute approximate surface area is 129 Å². The molecular formula is C14H10BrClN4. The van der Waals surface area contributed by atoms with E-state index in [0.29, 0.717) is 10.8 Å². The molecule has 2 aromatic carbocycles. The van der Waals surface area contributed by atoms with E-state index in [-0.39, 0.29) is 5.95 Å². The molecular weight excluding hydrogens is 340 g/mol. The summed E-state index contributed by atoms with van der Waals surface area (Å²) < 4.78 is 1.05. The summed E-state index contributed by atoms with van der Waals surface area (Å²) in [6.45, 7) is 0. The van der Waals surface area contributed by atoms with Crippen molar-refractivity contribution < 1.29 is 0 Å². The molecule has 1 aromatic heterocycles. The summed E-state index contributed by atoms with van der Waals surface area (Å²) in [5, 5.41) is 5.84. The number of hydrogen-bond acceptors (Lipinski definition) is 4. The van der Waals surface area contributed by atoms with Gasteiger partial charge in [-0.15, -0.1) is 0 Å². The smallest absolute Gasteiger partial charge is 0.222 e. The van der Waals surface area contributed by atoms with Crippen LogP contribution >= 0.6 is 27.5 Å². The molecule has 0 saturated heterocycles. The van der Waals surface area contributed by atoms with Crippen LogP contribution in [0, 0.1) is 0 Å². The third-order valence-electron chi connectivity index (χ3n) is 2.83. The number of nitrogens with one attached hydrogen (secondary N) is 1. The molecule has 0 aliphatic carbocycles. The maximum absolute atomic E-state index is 6.04. The molecule has 0 atom stereocenters. The minimum atomic E-state index is 0.182. The van der Waals surface area contributed by atoms with Crippen molar-refractivity contribution in [3.8, 4) is 0 Å². The van der Waals surface area contributed by atoms with Crippen LogP contribution in [0.5, 0.6) is 0 Å². The van der Waals surface area contributed by atoms with E-state index in [1.165, 1.54) is 6.20 Å². The number of benzene rings is 2. The molecule has 0 aliphatic rings. The molecule has 0 aliphatic heterocycles. The average Bonchev–Trinajstić information content (AvgIpc) is 2.43. The highest BCUT2D eigenvalue weighted by atomic mass is 79.9. The molecule has 0 radical (unpaired) electrons. The Bertz CT molecular complexity index is 791. The minimum absolute atomic E-state index is 0.182. The topological polar surface area (TPSA) is 63.8 Å². The van der Waals surface area contributed by atoms with Gasteiger partial charge in [-0.3, -0.25) is 0 Å². The van der Waals surface area contributed by atoms with E-state index in [4.69, 9.17) is 17.3 Å². The van der Waals surface area contributed by atoms with Gasteiger partial charge in [0.05, 0.1) is 6.20 Å². The van der Waals surface area contributed by atoms with Crippen LogP contribution in [0.25, 0.3) is 10.8 Å². The average molecular weight is 350 g/mol. The van der Waals surface area contributed by atoms with Crippen LogP contribution in [-0.4, -0.2) is 9.97 Å². The van der Waals surface area contributed by atoms with Gasteiger partial charge >= 0.3 is 0 Å². The van der Waals surface area contributed by atoms with Gasteiger partial charge in [-0.25, -0.2) is 4.98 Å². The SMILES string of the molecule is Nc1ncc(Cl)c(Nc2ccc3cc(Br)ccc3c2)n1. The maximum atomic E-state index is 6.04. The standard InChI is InChI=1S/C14H10BrClN4/c15-10-3-1-9-6-11(4-2-8(9)5-10)19-13-12(16)7-18-14(17)20-13/h1-7H,(H3,17,18,19,20). The van der Waals surface area contributed by atoms with Crippen LogP contribution in [0.4, 0.5) is 17.5 Å². The van der Waals surface area contributed by atoms with Crippen molar-refractivity contribution in [1.29, 1.82) is 0 Å². The number of fused-ring (bicyclic) bond motifs is 1.